The smallest absolute Gasteiger partial charge is 0.336 e. The second kappa shape index (κ2) is 5.05. The highest BCUT2D eigenvalue weighted by Gasteiger charge is 2.15. The lowest BCUT2D eigenvalue weighted by molar-refractivity contribution is 0.0692. The van der Waals surface area contributed by atoms with Gasteiger partial charge in [-0.2, -0.15) is 0 Å². The van der Waals surface area contributed by atoms with Crippen molar-refractivity contribution in [1.29, 1.82) is 0 Å². The van der Waals surface area contributed by atoms with E-state index in [1.165, 1.54) is 30.9 Å². The summed E-state index contributed by atoms with van der Waals surface area (Å²) in [6.45, 7) is 0. The molecule has 0 bridgehead atoms. The number of amides is 1. The minimum Gasteiger partial charge on any atom is -0.478 e. The summed E-state index contributed by atoms with van der Waals surface area (Å²) in [6.07, 6.45) is 4.18. The molecule has 0 radical (unpaired) electrons. The molecule has 0 aliphatic heterocycles. The van der Waals surface area contributed by atoms with Gasteiger partial charge in [0.05, 0.1) is 29.2 Å². The lowest BCUT2D eigenvalue weighted by Crippen LogP contribution is -2.16. The van der Waals surface area contributed by atoms with Crippen LogP contribution in [0.2, 0.25) is 0 Å². The number of nitrogens with zero attached hydrogens (tertiary/aromatic N) is 2. The Labute approximate surface area is 102 Å². The monoisotopic (exact) mass is 243 g/mol. The van der Waals surface area contributed by atoms with Crippen molar-refractivity contribution >= 4 is 17.6 Å². The van der Waals surface area contributed by atoms with Gasteiger partial charge in [-0.25, -0.2) is 14.8 Å². The Bertz CT molecular complexity index is 584. The summed E-state index contributed by atoms with van der Waals surface area (Å²) in [5.41, 5.74) is 0.448. The third-order valence-corrected chi connectivity index (χ3v) is 2.22. The molecule has 2 N–H and O–H groups in total. The maximum Gasteiger partial charge on any atom is 0.336 e. The summed E-state index contributed by atoms with van der Waals surface area (Å²) < 4.78 is 0. The molecule has 1 heterocycles. The Morgan fingerprint density at radius 2 is 1.67 bits per heavy atom. The van der Waals surface area contributed by atoms with Gasteiger partial charge in [-0.3, -0.25) is 4.79 Å². The van der Waals surface area contributed by atoms with Crippen LogP contribution in [0.4, 0.5) is 5.69 Å². The van der Waals surface area contributed by atoms with E-state index in [2.05, 4.69) is 15.3 Å². The SMILES string of the molecule is O=C(O)c1ccccc1C(=O)Nc1cncnc1. The van der Waals surface area contributed by atoms with Crippen LogP contribution in [0.3, 0.4) is 0 Å². The van der Waals surface area contributed by atoms with Gasteiger partial charge in [-0.05, 0) is 12.1 Å². The van der Waals surface area contributed by atoms with Crippen LogP contribution in [-0.4, -0.2) is 27.0 Å². The Balaban J connectivity index is 2.27. The van der Waals surface area contributed by atoms with Crippen LogP contribution in [0.25, 0.3) is 0 Å². The van der Waals surface area contributed by atoms with E-state index in [0.29, 0.717) is 5.69 Å². The van der Waals surface area contributed by atoms with Gasteiger partial charge in [0, 0.05) is 0 Å². The van der Waals surface area contributed by atoms with Crippen LogP contribution in [-0.2, 0) is 0 Å². The summed E-state index contributed by atoms with van der Waals surface area (Å²) >= 11 is 0. The molecule has 6 nitrogen and oxygen atoms in total. The molecule has 0 saturated heterocycles. The van der Waals surface area contributed by atoms with E-state index in [1.807, 2.05) is 0 Å². The Kier molecular flexibility index (Phi) is 3.29. The Hall–Kier alpha value is -2.76. The minimum absolute atomic E-state index is 0.0492. The topological polar surface area (TPSA) is 92.2 Å². The molecule has 0 atom stereocenters. The third kappa shape index (κ3) is 2.49. The molecule has 1 amide bonds. The fourth-order valence-corrected chi connectivity index (χ4v) is 1.43. The van der Waals surface area contributed by atoms with E-state index in [9.17, 15) is 9.59 Å². The van der Waals surface area contributed by atoms with Gasteiger partial charge in [0.1, 0.15) is 6.33 Å². The molecule has 0 unspecified atom stereocenters. The van der Waals surface area contributed by atoms with Crippen LogP contribution in [0.1, 0.15) is 20.7 Å². The van der Waals surface area contributed by atoms with Gasteiger partial charge in [-0.15, -0.1) is 0 Å². The Morgan fingerprint density at radius 3 is 2.28 bits per heavy atom. The maximum absolute atomic E-state index is 11.9. The number of carbonyl (C=O) groups is 2. The standard InChI is InChI=1S/C12H9N3O3/c16-11(15-8-5-13-7-14-6-8)9-3-1-2-4-10(9)12(17)18/h1-7H,(H,15,16)(H,17,18). The third-order valence-electron chi connectivity index (χ3n) is 2.22. The number of anilines is 1. The summed E-state index contributed by atoms with van der Waals surface area (Å²) in [6, 6.07) is 5.98. The molecule has 18 heavy (non-hydrogen) atoms. The van der Waals surface area contributed by atoms with Gasteiger partial charge < -0.3 is 10.4 Å². The fourth-order valence-electron chi connectivity index (χ4n) is 1.43. The highest BCUT2D eigenvalue weighted by Crippen LogP contribution is 2.11. The van der Waals surface area contributed by atoms with Crippen LogP contribution >= 0.6 is 0 Å². The maximum atomic E-state index is 11.9. The van der Waals surface area contributed by atoms with E-state index in [1.54, 1.807) is 12.1 Å². The fraction of sp³-hybridized carbons (Fsp3) is 0. The predicted octanol–water partition coefficient (Wildman–Crippen LogP) is 1.43. The first-order valence-corrected chi connectivity index (χ1v) is 5.07. The highest BCUT2D eigenvalue weighted by molar-refractivity contribution is 6.10. The average molecular weight is 243 g/mol. The summed E-state index contributed by atoms with van der Waals surface area (Å²) in [7, 11) is 0. The van der Waals surface area contributed by atoms with Crippen molar-refractivity contribution in [3.05, 3.63) is 54.1 Å². The van der Waals surface area contributed by atoms with E-state index >= 15 is 0 Å². The molecule has 2 rings (SSSR count). The summed E-state index contributed by atoms with van der Waals surface area (Å²) in [5, 5.41) is 11.5. The van der Waals surface area contributed by atoms with Crippen molar-refractivity contribution in [2.45, 2.75) is 0 Å². The van der Waals surface area contributed by atoms with Gasteiger partial charge in [0.2, 0.25) is 0 Å². The van der Waals surface area contributed by atoms with Crippen molar-refractivity contribution in [2.75, 3.05) is 5.32 Å². The van der Waals surface area contributed by atoms with Gasteiger partial charge in [-0.1, -0.05) is 12.1 Å². The molecule has 1 aromatic heterocycles. The van der Waals surface area contributed by atoms with Gasteiger partial charge in [0.15, 0.2) is 0 Å². The molecule has 0 aliphatic carbocycles. The molecule has 0 fully saturated rings. The highest BCUT2D eigenvalue weighted by atomic mass is 16.4. The zero-order valence-corrected chi connectivity index (χ0v) is 9.20. The van der Waals surface area contributed by atoms with Crippen molar-refractivity contribution in [3.63, 3.8) is 0 Å². The molecule has 2 aromatic rings. The van der Waals surface area contributed by atoms with E-state index < -0.39 is 11.9 Å². The zero-order chi connectivity index (χ0) is 13.0. The number of aromatic carboxylic acids is 1. The number of carbonyl (C=O) groups excluding carboxylic acids is 1. The quantitative estimate of drug-likeness (QED) is 0.850. The largest absolute Gasteiger partial charge is 0.478 e. The number of carboxylic acids is 1. The Morgan fingerprint density at radius 1 is 1.06 bits per heavy atom. The van der Waals surface area contributed by atoms with E-state index in [-0.39, 0.29) is 11.1 Å². The molecule has 1 aromatic carbocycles. The van der Waals surface area contributed by atoms with Crippen LogP contribution in [0.15, 0.2) is 43.0 Å². The zero-order valence-electron chi connectivity index (χ0n) is 9.20. The molecule has 90 valence electrons. The number of aromatic nitrogens is 2. The number of carboxylic acid groups (broad SMARTS) is 1. The molecular weight excluding hydrogens is 234 g/mol. The number of benzene rings is 1. The second-order valence-electron chi connectivity index (χ2n) is 3.43. The van der Waals surface area contributed by atoms with Crippen molar-refractivity contribution in [2.24, 2.45) is 0 Å². The number of hydrogen-bond acceptors (Lipinski definition) is 4. The van der Waals surface area contributed by atoms with Crippen molar-refractivity contribution < 1.29 is 14.7 Å². The molecular formula is C12H9N3O3. The first-order valence-electron chi connectivity index (χ1n) is 5.07. The summed E-state index contributed by atoms with van der Waals surface area (Å²) in [4.78, 5) is 30.4. The predicted molar refractivity (Wildman–Crippen MR) is 63.4 cm³/mol. The van der Waals surface area contributed by atoms with Crippen LogP contribution < -0.4 is 5.32 Å². The normalized spacial score (nSPS) is 9.78. The van der Waals surface area contributed by atoms with E-state index in [0.717, 1.165) is 0 Å². The van der Waals surface area contributed by atoms with Crippen LogP contribution in [0, 0.1) is 0 Å². The van der Waals surface area contributed by atoms with Gasteiger partial charge in [0.25, 0.3) is 5.91 Å². The van der Waals surface area contributed by atoms with Crippen molar-refractivity contribution in [1.82, 2.24) is 9.97 Å². The average Bonchev–Trinajstić information content (AvgIpc) is 2.40. The molecule has 0 saturated carbocycles. The first-order chi connectivity index (χ1) is 8.68. The number of nitrogens with one attached hydrogen (secondary N) is 1. The van der Waals surface area contributed by atoms with Gasteiger partial charge >= 0.3 is 5.97 Å². The first kappa shape index (κ1) is 11.7. The number of hydrogen-bond donors (Lipinski definition) is 2. The van der Waals surface area contributed by atoms with Crippen LogP contribution in [0.5, 0.6) is 0 Å². The molecule has 6 heteroatoms. The lowest BCUT2D eigenvalue weighted by atomic mass is 10.1. The summed E-state index contributed by atoms with van der Waals surface area (Å²) in [5.74, 6) is -1.66. The minimum atomic E-state index is -1.15. The van der Waals surface area contributed by atoms with Crippen molar-refractivity contribution in [3.8, 4) is 0 Å². The molecule has 0 spiro atoms. The van der Waals surface area contributed by atoms with E-state index in [4.69, 9.17) is 5.11 Å². The molecule has 0 aliphatic rings. The lowest BCUT2D eigenvalue weighted by Gasteiger charge is -2.06. The number of rotatable bonds is 3. The second-order valence-corrected chi connectivity index (χ2v) is 3.43.